The van der Waals surface area contributed by atoms with Crippen molar-refractivity contribution in [3.05, 3.63) is 0 Å². The minimum absolute atomic E-state index is 0.108. The lowest BCUT2D eigenvalue weighted by atomic mass is 10.2. The Morgan fingerprint density at radius 1 is 1.16 bits per heavy atom. The summed E-state index contributed by atoms with van der Waals surface area (Å²) in [6, 6.07) is 2.65. The van der Waals surface area contributed by atoms with E-state index >= 15 is 0 Å². The Bertz CT molecular complexity index is 439. The molecule has 7 heteroatoms. The SMILES string of the molecule is C#CCCCOC1COCC1OP(OCCC#N)N(C(C)C)C(C)C. The molecule has 25 heavy (non-hydrogen) atoms. The van der Waals surface area contributed by atoms with E-state index in [2.05, 4.69) is 44.4 Å². The lowest BCUT2D eigenvalue weighted by molar-refractivity contribution is -0.00652. The van der Waals surface area contributed by atoms with E-state index in [0.29, 0.717) is 39.3 Å². The first-order valence-electron chi connectivity index (χ1n) is 8.89. The highest BCUT2D eigenvalue weighted by Gasteiger charge is 2.36. The summed E-state index contributed by atoms with van der Waals surface area (Å²) in [5, 5.41) is 8.77. The van der Waals surface area contributed by atoms with Crippen LogP contribution in [0.4, 0.5) is 0 Å². The number of nitrogens with zero attached hydrogens (tertiary/aromatic N) is 2. The summed E-state index contributed by atoms with van der Waals surface area (Å²) in [5.41, 5.74) is 0. The lowest BCUT2D eigenvalue weighted by Gasteiger charge is -2.37. The molecule has 0 aliphatic carbocycles. The van der Waals surface area contributed by atoms with E-state index in [1.807, 2.05) is 0 Å². The number of unbranched alkanes of at least 4 members (excludes halogenated alkanes) is 1. The second kappa shape index (κ2) is 12.6. The molecule has 0 aromatic heterocycles. The molecule has 1 aliphatic rings. The fourth-order valence-electron chi connectivity index (χ4n) is 2.59. The Kier molecular flexibility index (Phi) is 11.3. The highest BCUT2D eigenvalue weighted by molar-refractivity contribution is 7.44. The van der Waals surface area contributed by atoms with E-state index in [4.69, 9.17) is 30.2 Å². The molecule has 0 aromatic rings. The molecular formula is C18H31N2O4P. The van der Waals surface area contributed by atoms with E-state index in [0.717, 1.165) is 6.42 Å². The van der Waals surface area contributed by atoms with Crippen LogP contribution < -0.4 is 0 Å². The third kappa shape index (κ3) is 8.01. The minimum Gasteiger partial charge on any atom is -0.376 e. The van der Waals surface area contributed by atoms with Gasteiger partial charge in [0, 0.05) is 25.1 Å². The predicted molar refractivity (Wildman–Crippen MR) is 98.7 cm³/mol. The molecule has 142 valence electrons. The number of ether oxygens (including phenoxy) is 2. The van der Waals surface area contributed by atoms with E-state index in [1.54, 1.807) is 0 Å². The van der Waals surface area contributed by atoms with Gasteiger partial charge in [-0.15, -0.1) is 12.3 Å². The van der Waals surface area contributed by atoms with Crippen molar-refractivity contribution in [1.29, 1.82) is 5.26 Å². The molecule has 0 aromatic carbocycles. The zero-order chi connectivity index (χ0) is 18.7. The molecule has 3 unspecified atom stereocenters. The van der Waals surface area contributed by atoms with E-state index in [9.17, 15) is 0 Å². The van der Waals surface area contributed by atoms with E-state index in [1.165, 1.54) is 0 Å². The van der Waals surface area contributed by atoms with Crippen LogP contribution in [0.1, 0.15) is 47.0 Å². The van der Waals surface area contributed by atoms with Gasteiger partial charge in [0.05, 0.1) is 32.3 Å². The third-order valence-corrected chi connectivity index (χ3v) is 5.82. The molecule has 1 saturated heterocycles. The molecule has 3 atom stereocenters. The van der Waals surface area contributed by atoms with Crippen LogP contribution in [-0.4, -0.2) is 55.4 Å². The molecule has 6 nitrogen and oxygen atoms in total. The van der Waals surface area contributed by atoms with Gasteiger partial charge < -0.3 is 18.5 Å². The number of hydrogen-bond acceptors (Lipinski definition) is 6. The first-order chi connectivity index (χ1) is 12.0. The predicted octanol–water partition coefficient (Wildman–Crippen LogP) is 3.48. The molecular weight excluding hydrogens is 339 g/mol. The van der Waals surface area contributed by atoms with Gasteiger partial charge in [-0.25, -0.2) is 4.67 Å². The fraction of sp³-hybridized carbons (Fsp3) is 0.833. The number of rotatable bonds is 12. The largest absolute Gasteiger partial charge is 0.376 e. The van der Waals surface area contributed by atoms with Crippen LogP contribution in [0, 0.1) is 23.7 Å². The van der Waals surface area contributed by atoms with E-state index in [-0.39, 0.29) is 24.3 Å². The number of hydrogen-bond donors (Lipinski definition) is 0. The van der Waals surface area contributed by atoms with Gasteiger partial charge >= 0.3 is 0 Å². The Morgan fingerprint density at radius 3 is 2.44 bits per heavy atom. The van der Waals surface area contributed by atoms with Gasteiger partial charge in [-0.1, -0.05) is 0 Å². The maximum atomic E-state index is 8.77. The quantitative estimate of drug-likeness (QED) is 0.298. The Balaban J connectivity index is 2.67. The van der Waals surface area contributed by atoms with Gasteiger partial charge in [0.2, 0.25) is 0 Å². The van der Waals surface area contributed by atoms with Crippen LogP contribution in [0.15, 0.2) is 0 Å². The molecule has 1 rings (SSSR count). The van der Waals surface area contributed by atoms with Crippen LogP contribution >= 0.6 is 8.53 Å². The summed E-state index contributed by atoms with van der Waals surface area (Å²) >= 11 is 0. The maximum absolute atomic E-state index is 8.77. The molecule has 0 saturated carbocycles. The first kappa shape index (κ1) is 22.3. The minimum atomic E-state index is -1.28. The van der Waals surface area contributed by atoms with Gasteiger partial charge in [0.1, 0.15) is 12.2 Å². The van der Waals surface area contributed by atoms with Gasteiger partial charge in [0.25, 0.3) is 8.53 Å². The smallest absolute Gasteiger partial charge is 0.259 e. The molecule has 1 heterocycles. The molecule has 0 spiro atoms. The van der Waals surface area contributed by atoms with Crippen molar-refractivity contribution in [2.24, 2.45) is 0 Å². The zero-order valence-corrected chi connectivity index (χ0v) is 16.7. The highest BCUT2D eigenvalue weighted by atomic mass is 31.2. The van der Waals surface area contributed by atoms with Crippen molar-refractivity contribution in [3.63, 3.8) is 0 Å². The van der Waals surface area contributed by atoms with Gasteiger partial charge in [-0.3, -0.25) is 0 Å². The van der Waals surface area contributed by atoms with Gasteiger partial charge in [-0.05, 0) is 34.1 Å². The van der Waals surface area contributed by atoms with E-state index < -0.39 is 8.53 Å². The van der Waals surface area contributed by atoms with Crippen LogP contribution in [0.5, 0.6) is 0 Å². The molecule has 0 N–H and O–H groups in total. The molecule has 0 bridgehead atoms. The second-order valence-electron chi connectivity index (χ2n) is 6.44. The highest BCUT2D eigenvalue weighted by Crippen LogP contribution is 2.48. The monoisotopic (exact) mass is 370 g/mol. The molecule has 1 aliphatic heterocycles. The topological polar surface area (TPSA) is 64.0 Å². The maximum Gasteiger partial charge on any atom is 0.259 e. The summed E-state index contributed by atoms with van der Waals surface area (Å²) in [5.74, 6) is 2.61. The summed E-state index contributed by atoms with van der Waals surface area (Å²) < 4.78 is 25.8. The van der Waals surface area contributed by atoms with Gasteiger partial charge in [-0.2, -0.15) is 5.26 Å². The van der Waals surface area contributed by atoms with Gasteiger partial charge in [0.15, 0.2) is 0 Å². The second-order valence-corrected chi connectivity index (χ2v) is 7.85. The Morgan fingerprint density at radius 2 is 1.84 bits per heavy atom. The van der Waals surface area contributed by atoms with Crippen molar-refractivity contribution < 1.29 is 18.5 Å². The Hall–Kier alpha value is -0.720. The number of nitriles is 1. The normalized spacial score (nSPS) is 21.6. The molecule has 1 fully saturated rings. The average Bonchev–Trinajstić information content (AvgIpc) is 2.98. The summed E-state index contributed by atoms with van der Waals surface area (Å²) in [4.78, 5) is 0. The summed E-state index contributed by atoms with van der Waals surface area (Å²) in [6.45, 7) is 10.4. The van der Waals surface area contributed by atoms with Crippen LogP contribution in [0.2, 0.25) is 0 Å². The number of terminal acetylenes is 1. The first-order valence-corrected chi connectivity index (χ1v) is 10.0. The average molecular weight is 370 g/mol. The third-order valence-electron chi connectivity index (χ3n) is 3.66. The van der Waals surface area contributed by atoms with Crippen molar-refractivity contribution in [1.82, 2.24) is 4.67 Å². The Labute approximate surface area is 153 Å². The van der Waals surface area contributed by atoms with Crippen molar-refractivity contribution >= 4 is 8.53 Å². The lowest BCUT2D eigenvalue weighted by Crippen LogP contribution is -2.37. The summed E-state index contributed by atoms with van der Waals surface area (Å²) in [7, 11) is -1.28. The fourth-order valence-corrected chi connectivity index (χ4v) is 4.32. The van der Waals surface area contributed by atoms with Crippen LogP contribution in [-0.2, 0) is 18.5 Å². The summed E-state index contributed by atoms with van der Waals surface area (Å²) in [6.07, 6.45) is 6.87. The van der Waals surface area contributed by atoms with Crippen molar-refractivity contribution in [2.45, 2.75) is 71.2 Å². The van der Waals surface area contributed by atoms with Crippen molar-refractivity contribution in [3.8, 4) is 18.4 Å². The molecule has 0 amide bonds. The zero-order valence-electron chi connectivity index (χ0n) is 15.8. The van der Waals surface area contributed by atoms with Crippen LogP contribution in [0.3, 0.4) is 0 Å². The van der Waals surface area contributed by atoms with Crippen molar-refractivity contribution in [2.75, 3.05) is 26.4 Å². The standard InChI is InChI=1S/C18H31N2O4P/c1-6-7-8-11-22-17-13-21-14-18(17)24-25(23-12-9-10-19)20(15(2)3)16(4)5/h1,15-18H,7-9,11-14H2,2-5H3. The van der Waals surface area contributed by atoms with Crippen LogP contribution in [0.25, 0.3) is 0 Å². The molecule has 0 radical (unpaired) electrons.